The van der Waals surface area contributed by atoms with Gasteiger partial charge in [0.25, 0.3) is 5.91 Å². The molecule has 0 radical (unpaired) electrons. The maximum atomic E-state index is 12.9. The molecule has 0 spiro atoms. The predicted molar refractivity (Wildman–Crippen MR) is 142 cm³/mol. The molecule has 2 heterocycles. The first-order valence-electron chi connectivity index (χ1n) is 11.4. The molecule has 9 nitrogen and oxygen atoms in total. The van der Waals surface area contributed by atoms with Crippen LogP contribution < -0.4 is 21.1 Å². The number of carbonyl (C=O) groups is 1. The van der Waals surface area contributed by atoms with Crippen molar-refractivity contribution in [2.24, 2.45) is 0 Å². The SMILES string of the molecule is COc1cc(C(=O)NC(C)c2ccc(N)cc2)ccc1Nc1ncc(Cl)c(-c2cnn(C(C)C)c2)n1. The number of carbonyl (C=O) groups excluding carboxylic acids is 1. The van der Waals surface area contributed by atoms with Crippen molar-refractivity contribution in [2.45, 2.75) is 32.9 Å². The third kappa shape index (κ3) is 5.58. The minimum Gasteiger partial charge on any atom is -0.495 e. The lowest BCUT2D eigenvalue weighted by Gasteiger charge is -2.16. The number of anilines is 3. The first-order valence-corrected chi connectivity index (χ1v) is 11.8. The van der Waals surface area contributed by atoms with Crippen LogP contribution in [0.25, 0.3) is 11.3 Å². The Hall–Kier alpha value is -4.11. The summed E-state index contributed by atoms with van der Waals surface area (Å²) in [5.41, 5.74) is 9.79. The molecule has 4 aromatic rings. The van der Waals surface area contributed by atoms with E-state index >= 15 is 0 Å². The van der Waals surface area contributed by atoms with Crippen LogP contribution in [0.15, 0.2) is 61.1 Å². The quantitative estimate of drug-likeness (QED) is 0.274. The number of benzene rings is 2. The molecule has 0 aliphatic heterocycles. The molecule has 1 unspecified atom stereocenters. The maximum absolute atomic E-state index is 12.9. The van der Waals surface area contributed by atoms with Crippen molar-refractivity contribution in [1.29, 1.82) is 0 Å². The average Bonchev–Trinajstić information content (AvgIpc) is 3.36. The predicted octanol–water partition coefficient (Wildman–Crippen LogP) is 5.40. The van der Waals surface area contributed by atoms with Gasteiger partial charge in [-0.2, -0.15) is 5.10 Å². The Morgan fingerprint density at radius 1 is 1.11 bits per heavy atom. The van der Waals surface area contributed by atoms with Crippen molar-refractivity contribution in [3.05, 3.63) is 77.2 Å². The normalized spacial score (nSPS) is 11.8. The van der Waals surface area contributed by atoms with E-state index < -0.39 is 0 Å². The standard InChI is InChI=1S/C26H28ClN7O2/c1-15(2)34-14-19(12-30-34)24-21(27)13-29-26(33-24)32-22-10-7-18(11-23(22)36-4)25(35)31-16(3)17-5-8-20(28)9-6-17/h5-16H,28H2,1-4H3,(H,31,35)(H,29,32,33). The third-order valence-electron chi connectivity index (χ3n) is 5.64. The number of methoxy groups -OCH3 is 1. The summed E-state index contributed by atoms with van der Waals surface area (Å²) in [5.74, 6) is 0.575. The second-order valence-electron chi connectivity index (χ2n) is 8.59. The fraction of sp³-hybridized carbons (Fsp3) is 0.231. The van der Waals surface area contributed by atoms with Crippen LogP contribution in [0, 0.1) is 0 Å². The van der Waals surface area contributed by atoms with Gasteiger partial charge in [-0.15, -0.1) is 0 Å². The molecular formula is C26H28ClN7O2. The summed E-state index contributed by atoms with van der Waals surface area (Å²) < 4.78 is 7.36. The number of halogens is 1. The molecule has 0 aliphatic carbocycles. The zero-order chi connectivity index (χ0) is 25.8. The highest BCUT2D eigenvalue weighted by molar-refractivity contribution is 6.32. The number of nitrogens with two attached hydrogens (primary N) is 1. The minimum atomic E-state index is -0.226. The molecule has 0 saturated carbocycles. The van der Waals surface area contributed by atoms with E-state index in [9.17, 15) is 4.79 Å². The molecule has 0 fully saturated rings. The number of rotatable bonds is 8. The lowest BCUT2D eigenvalue weighted by Crippen LogP contribution is -2.26. The van der Waals surface area contributed by atoms with Crippen LogP contribution in [0.4, 0.5) is 17.3 Å². The Balaban J connectivity index is 1.52. The topological polar surface area (TPSA) is 120 Å². The Kier molecular flexibility index (Phi) is 7.40. The van der Waals surface area contributed by atoms with Gasteiger partial charge in [0.05, 0.1) is 41.9 Å². The van der Waals surface area contributed by atoms with Crippen LogP contribution >= 0.6 is 11.6 Å². The van der Waals surface area contributed by atoms with Crippen LogP contribution in [0.5, 0.6) is 5.75 Å². The van der Waals surface area contributed by atoms with E-state index in [1.54, 1.807) is 24.4 Å². The zero-order valence-electron chi connectivity index (χ0n) is 20.5. The van der Waals surface area contributed by atoms with Gasteiger partial charge in [0, 0.05) is 29.1 Å². The number of nitrogen functional groups attached to an aromatic ring is 1. The summed E-state index contributed by atoms with van der Waals surface area (Å²) in [6, 6.07) is 12.5. The van der Waals surface area contributed by atoms with Gasteiger partial charge in [0.15, 0.2) is 0 Å². The minimum absolute atomic E-state index is 0.192. The number of hydrogen-bond donors (Lipinski definition) is 3. The number of hydrogen-bond acceptors (Lipinski definition) is 7. The van der Waals surface area contributed by atoms with E-state index in [4.69, 9.17) is 22.1 Å². The van der Waals surface area contributed by atoms with Crippen LogP contribution in [-0.4, -0.2) is 32.8 Å². The van der Waals surface area contributed by atoms with E-state index in [1.165, 1.54) is 13.3 Å². The van der Waals surface area contributed by atoms with Gasteiger partial charge in [-0.05, 0) is 56.7 Å². The molecule has 1 amide bonds. The molecule has 1 atom stereocenters. The van der Waals surface area contributed by atoms with E-state index in [2.05, 4.69) is 25.7 Å². The monoisotopic (exact) mass is 505 g/mol. The largest absolute Gasteiger partial charge is 0.495 e. The van der Waals surface area contributed by atoms with Gasteiger partial charge in [0.2, 0.25) is 5.95 Å². The van der Waals surface area contributed by atoms with Gasteiger partial charge >= 0.3 is 0 Å². The first-order chi connectivity index (χ1) is 17.2. The van der Waals surface area contributed by atoms with E-state index in [-0.39, 0.29) is 18.0 Å². The van der Waals surface area contributed by atoms with Gasteiger partial charge in [0.1, 0.15) is 5.75 Å². The number of ether oxygens (including phenoxy) is 1. The smallest absolute Gasteiger partial charge is 0.251 e. The second-order valence-corrected chi connectivity index (χ2v) is 9.00. The third-order valence-corrected chi connectivity index (χ3v) is 5.92. The number of nitrogens with zero attached hydrogens (tertiary/aromatic N) is 4. The fourth-order valence-electron chi connectivity index (χ4n) is 3.58. The number of amides is 1. The fourth-order valence-corrected chi connectivity index (χ4v) is 3.78. The van der Waals surface area contributed by atoms with Gasteiger partial charge in [-0.25, -0.2) is 9.97 Å². The van der Waals surface area contributed by atoms with Crippen molar-refractivity contribution < 1.29 is 9.53 Å². The first kappa shape index (κ1) is 25.0. The van der Waals surface area contributed by atoms with E-state index in [1.807, 2.05) is 55.9 Å². The maximum Gasteiger partial charge on any atom is 0.251 e. The van der Waals surface area contributed by atoms with Crippen molar-refractivity contribution in [3.63, 3.8) is 0 Å². The molecule has 2 aromatic carbocycles. The van der Waals surface area contributed by atoms with Gasteiger partial charge < -0.3 is 21.1 Å². The lowest BCUT2D eigenvalue weighted by atomic mass is 10.1. The van der Waals surface area contributed by atoms with E-state index in [0.717, 1.165) is 11.1 Å². The van der Waals surface area contributed by atoms with Gasteiger partial charge in [-0.3, -0.25) is 9.48 Å². The van der Waals surface area contributed by atoms with Crippen LogP contribution in [-0.2, 0) is 0 Å². The summed E-state index contributed by atoms with van der Waals surface area (Å²) in [4.78, 5) is 21.7. The average molecular weight is 506 g/mol. The summed E-state index contributed by atoms with van der Waals surface area (Å²) in [6.45, 7) is 6.00. The van der Waals surface area contributed by atoms with Crippen LogP contribution in [0.2, 0.25) is 5.02 Å². The summed E-state index contributed by atoms with van der Waals surface area (Å²) >= 11 is 6.37. The molecular weight excluding hydrogens is 478 g/mol. The summed E-state index contributed by atoms with van der Waals surface area (Å²) in [5, 5.41) is 10.9. The molecule has 4 rings (SSSR count). The number of nitrogens with one attached hydrogen (secondary N) is 2. The van der Waals surface area contributed by atoms with Crippen molar-refractivity contribution in [3.8, 4) is 17.0 Å². The molecule has 36 heavy (non-hydrogen) atoms. The highest BCUT2D eigenvalue weighted by atomic mass is 35.5. The van der Waals surface area contributed by atoms with Crippen molar-refractivity contribution in [1.82, 2.24) is 25.1 Å². The lowest BCUT2D eigenvalue weighted by molar-refractivity contribution is 0.0939. The van der Waals surface area contributed by atoms with Gasteiger partial charge in [-0.1, -0.05) is 23.7 Å². The molecule has 186 valence electrons. The Morgan fingerprint density at radius 2 is 1.86 bits per heavy atom. The summed E-state index contributed by atoms with van der Waals surface area (Å²) in [7, 11) is 1.54. The summed E-state index contributed by atoms with van der Waals surface area (Å²) in [6.07, 6.45) is 5.14. The molecule has 10 heteroatoms. The molecule has 0 bridgehead atoms. The molecule has 2 aromatic heterocycles. The highest BCUT2D eigenvalue weighted by Crippen LogP contribution is 2.31. The van der Waals surface area contributed by atoms with E-state index in [0.29, 0.717) is 39.4 Å². The Labute approximate surface area is 214 Å². The number of aromatic nitrogens is 4. The molecule has 0 aliphatic rings. The van der Waals surface area contributed by atoms with Crippen molar-refractivity contribution >= 4 is 34.8 Å². The second kappa shape index (κ2) is 10.7. The van der Waals surface area contributed by atoms with Crippen LogP contribution in [0.3, 0.4) is 0 Å². The zero-order valence-corrected chi connectivity index (χ0v) is 21.2. The Morgan fingerprint density at radius 3 is 2.53 bits per heavy atom. The highest BCUT2D eigenvalue weighted by Gasteiger charge is 2.16. The Bertz CT molecular complexity index is 1370. The molecule has 4 N–H and O–H groups in total. The van der Waals surface area contributed by atoms with Crippen molar-refractivity contribution in [2.75, 3.05) is 18.2 Å². The van der Waals surface area contributed by atoms with Crippen LogP contribution in [0.1, 0.15) is 48.8 Å². The molecule has 0 saturated heterocycles.